The van der Waals surface area contributed by atoms with Crippen molar-refractivity contribution >= 4 is 13.7 Å². The first-order chi connectivity index (χ1) is 33.7. The zero-order valence-corrected chi connectivity index (χ0v) is 44.2. The second kappa shape index (κ2) is 39.5. The van der Waals surface area contributed by atoms with Crippen molar-refractivity contribution in [1.82, 2.24) is 5.32 Å². The molecule has 1 aliphatic carbocycles. The van der Waals surface area contributed by atoms with Crippen molar-refractivity contribution in [2.75, 3.05) is 13.2 Å². The Kier molecular flexibility index (Phi) is 36.9. The third-order valence-electron chi connectivity index (χ3n) is 14.3. The molecule has 14 atom stereocenters. The lowest BCUT2D eigenvalue weighted by molar-refractivity contribution is -0.338. The number of phosphoric ester groups is 1. The molecule has 0 aromatic carbocycles. The van der Waals surface area contributed by atoms with E-state index in [1.807, 2.05) is 0 Å². The van der Waals surface area contributed by atoms with Crippen LogP contribution in [0, 0.1) is 0 Å². The fourth-order valence-electron chi connectivity index (χ4n) is 9.62. The van der Waals surface area contributed by atoms with Gasteiger partial charge in [-0.15, -0.1) is 0 Å². The van der Waals surface area contributed by atoms with Gasteiger partial charge in [0.2, 0.25) is 5.91 Å². The molecule has 17 nitrogen and oxygen atoms in total. The summed E-state index contributed by atoms with van der Waals surface area (Å²) in [6.45, 7) is 2.95. The van der Waals surface area contributed by atoms with E-state index in [4.69, 9.17) is 18.5 Å². The molecule has 0 bridgehead atoms. The Morgan fingerprint density at radius 2 is 0.900 bits per heavy atom. The van der Waals surface area contributed by atoms with Crippen molar-refractivity contribution in [3.8, 4) is 0 Å². The van der Waals surface area contributed by atoms with E-state index >= 15 is 0 Å². The summed E-state index contributed by atoms with van der Waals surface area (Å²) < 4.78 is 34.9. The average Bonchev–Trinajstić information content (AvgIpc) is 3.34. The van der Waals surface area contributed by atoms with E-state index in [1.54, 1.807) is 0 Å². The summed E-state index contributed by atoms with van der Waals surface area (Å²) in [6, 6.07) is -1.13. The smallest absolute Gasteiger partial charge is 0.394 e. The van der Waals surface area contributed by atoms with E-state index < -0.39 is 101 Å². The molecule has 0 aromatic heterocycles. The molecule has 1 heterocycles. The maximum Gasteiger partial charge on any atom is 0.472 e. The molecule has 0 aromatic rings. The Balaban J connectivity index is 1.91. The van der Waals surface area contributed by atoms with E-state index in [1.165, 1.54) is 141 Å². The van der Waals surface area contributed by atoms with Crippen LogP contribution in [0.25, 0.3) is 0 Å². The highest BCUT2D eigenvalue weighted by Crippen LogP contribution is 2.48. The minimum absolute atomic E-state index is 0.178. The van der Waals surface area contributed by atoms with Crippen LogP contribution in [-0.2, 0) is 27.9 Å². The van der Waals surface area contributed by atoms with Crippen LogP contribution in [-0.4, -0.2) is 149 Å². The van der Waals surface area contributed by atoms with Crippen molar-refractivity contribution in [1.29, 1.82) is 0 Å². The molecule has 18 heteroatoms. The van der Waals surface area contributed by atoms with Gasteiger partial charge in [-0.3, -0.25) is 13.8 Å². The molecule has 2 aliphatic rings. The predicted octanol–water partition coefficient (Wildman–Crippen LogP) is 7.28. The van der Waals surface area contributed by atoms with Crippen molar-refractivity contribution in [3.63, 3.8) is 0 Å². The van der Waals surface area contributed by atoms with Gasteiger partial charge in [0.15, 0.2) is 6.29 Å². The lowest BCUT2D eigenvalue weighted by atomic mass is 9.84. The van der Waals surface area contributed by atoms with Crippen LogP contribution >= 0.6 is 7.82 Å². The van der Waals surface area contributed by atoms with E-state index in [9.17, 15) is 60.2 Å². The third-order valence-corrected chi connectivity index (χ3v) is 15.3. The summed E-state index contributed by atoms with van der Waals surface area (Å²) in [7, 11) is -5.31. The summed E-state index contributed by atoms with van der Waals surface area (Å²) in [5.41, 5.74) is 0. The summed E-state index contributed by atoms with van der Waals surface area (Å²) >= 11 is 0. The van der Waals surface area contributed by atoms with Crippen molar-refractivity contribution in [2.45, 2.75) is 312 Å². The van der Waals surface area contributed by atoms with Crippen LogP contribution in [0.1, 0.15) is 232 Å². The maximum absolute atomic E-state index is 13.5. The van der Waals surface area contributed by atoms with Gasteiger partial charge in [-0.25, -0.2) is 4.57 Å². The van der Waals surface area contributed by atoms with Crippen LogP contribution in [0.15, 0.2) is 0 Å². The molecule has 1 amide bonds. The number of aliphatic hydroxyl groups excluding tert-OH is 9. The van der Waals surface area contributed by atoms with Crippen molar-refractivity contribution in [2.24, 2.45) is 0 Å². The van der Waals surface area contributed by atoms with E-state index in [0.717, 1.165) is 51.4 Å². The average molecular weight is 1030 g/mol. The first-order valence-corrected chi connectivity index (χ1v) is 29.5. The van der Waals surface area contributed by atoms with E-state index in [-0.39, 0.29) is 18.7 Å². The van der Waals surface area contributed by atoms with Crippen LogP contribution in [0.2, 0.25) is 0 Å². The number of carbonyl (C=O) groups is 1. The molecule has 1 saturated carbocycles. The van der Waals surface area contributed by atoms with Gasteiger partial charge in [0, 0.05) is 6.42 Å². The Morgan fingerprint density at radius 1 is 0.529 bits per heavy atom. The van der Waals surface area contributed by atoms with Gasteiger partial charge in [-0.2, -0.15) is 0 Å². The number of ether oxygens (including phenoxy) is 2. The van der Waals surface area contributed by atoms with Crippen LogP contribution in [0.5, 0.6) is 0 Å². The number of rotatable bonds is 44. The van der Waals surface area contributed by atoms with E-state index in [0.29, 0.717) is 12.8 Å². The van der Waals surface area contributed by atoms with Crippen molar-refractivity contribution < 1.29 is 78.7 Å². The molecule has 70 heavy (non-hydrogen) atoms. The first kappa shape index (κ1) is 65.3. The predicted molar refractivity (Wildman–Crippen MR) is 270 cm³/mol. The monoisotopic (exact) mass is 1030 g/mol. The van der Waals surface area contributed by atoms with Crippen molar-refractivity contribution in [3.05, 3.63) is 0 Å². The highest BCUT2D eigenvalue weighted by atomic mass is 31.2. The molecule has 416 valence electrons. The van der Waals surface area contributed by atoms with Gasteiger partial charge in [0.1, 0.15) is 61.0 Å². The number of aliphatic hydroxyl groups is 9. The highest BCUT2D eigenvalue weighted by molar-refractivity contribution is 7.47. The summed E-state index contributed by atoms with van der Waals surface area (Å²) in [5, 5.41) is 97.4. The number of hydrogen-bond acceptors (Lipinski definition) is 15. The normalized spacial score (nSPS) is 27.9. The fourth-order valence-corrected chi connectivity index (χ4v) is 10.6. The number of amides is 1. The molecule has 7 unspecified atom stereocenters. The lowest BCUT2D eigenvalue weighted by Gasteiger charge is -2.47. The topological polar surface area (TPSA) is 285 Å². The molecule has 2 fully saturated rings. The Morgan fingerprint density at radius 3 is 1.31 bits per heavy atom. The standard InChI is InChI=1S/C52H102NO16P/c1-3-5-7-9-11-13-15-17-19-20-22-24-26-28-30-32-34-36-42(56)53-39(40(55)35-33-31-29-27-25-23-21-18-16-14-12-10-8-6-4-2)38-66-70(64,65)69-51-48(62)46(60)45(59)47(61)50(51)68-52-49(63)44(58)43(57)41(37-54)67-52/h39-41,43-52,54-55,57-63H,3-38H2,1-2H3,(H,53,56)(H,64,65)/t39-,40+,41+,43+,44?,45?,46?,47+,48?,49?,50?,51-,52+/m0/s1. The molecular weight excluding hydrogens is 926 g/mol. The second-order valence-electron chi connectivity index (χ2n) is 20.5. The van der Waals surface area contributed by atoms with Crippen LogP contribution < -0.4 is 5.32 Å². The minimum atomic E-state index is -5.31. The third kappa shape index (κ3) is 27.1. The maximum atomic E-state index is 13.5. The molecule has 1 aliphatic heterocycles. The molecule has 2 rings (SSSR count). The summed E-state index contributed by atoms with van der Waals surface area (Å²) in [6.07, 6.45) is 15.7. The van der Waals surface area contributed by atoms with Gasteiger partial charge in [0.25, 0.3) is 0 Å². The number of unbranched alkanes of at least 4 members (excludes halogenated alkanes) is 30. The number of nitrogens with one attached hydrogen (secondary N) is 1. The van der Waals surface area contributed by atoms with Gasteiger partial charge >= 0.3 is 7.82 Å². The van der Waals surface area contributed by atoms with Gasteiger partial charge in [0.05, 0.1) is 25.4 Å². The molecule has 0 radical (unpaired) electrons. The Bertz CT molecular complexity index is 1320. The molecule has 1 saturated heterocycles. The summed E-state index contributed by atoms with van der Waals surface area (Å²) in [4.78, 5) is 24.2. The van der Waals surface area contributed by atoms with Gasteiger partial charge in [-0.05, 0) is 12.8 Å². The Hall–Kier alpha value is -0.860. The van der Waals surface area contributed by atoms with Gasteiger partial charge in [-0.1, -0.05) is 213 Å². The number of phosphoric acid groups is 1. The summed E-state index contributed by atoms with van der Waals surface area (Å²) in [5.74, 6) is -0.366. The molecule has 0 spiro atoms. The Labute approximate surface area is 421 Å². The van der Waals surface area contributed by atoms with E-state index in [2.05, 4.69) is 19.2 Å². The van der Waals surface area contributed by atoms with Crippen LogP contribution in [0.3, 0.4) is 0 Å². The first-order valence-electron chi connectivity index (χ1n) is 28.0. The quantitative estimate of drug-likeness (QED) is 0.0211. The number of carbonyl (C=O) groups excluding carboxylic acids is 1. The fraction of sp³-hybridized carbons (Fsp3) is 0.981. The number of hydrogen-bond donors (Lipinski definition) is 11. The zero-order chi connectivity index (χ0) is 51.6. The minimum Gasteiger partial charge on any atom is -0.394 e. The van der Waals surface area contributed by atoms with Gasteiger partial charge < -0.3 is 65.6 Å². The zero-order valence-electron chi connectivity index (χ0n) is 43.3. The molecular formula is C52H102NO16P. The largest absolute Gasteiger partial charge is 0.472 e. The molecule has 11 N–H and O–H groups in total. The van der Waals surface area contributed by atoms with Crippen LogP contribution in [0.4, 0.5) is 0 Å². The highest BCUT2D eigenvalue weighted by Gasteiger charge is 2.55. The second-order valence-corrected chi connectivity index (χ2v) is 21.9. The SMILES string of the molecule is CCCCCCCCCCCCCCCCCCCC(=O)N[C@@H](COP(=O)(O)O[C@H]1C(O)C(O)C(O)[C@@H](O)C1O[C@H]1O[C@H](CO)[C@@H](O)C(O)C1O)[C@H](O)CCCCCCCCCCCCCCCCC. The lowest BCUT2D eigenvalue weighted by Crippen LogP contribution is -2.67.